The van der Waals surface area contributed by atoms with Crippen molar-refractivity contribution in [2.24, 2.45) is 40.9 Å². The largest absolute Gasteiger partial charge is 0.465 e. The zero-order valence-corrected chi connectivity index (χ0v) is 19.0. The molecule has 4 fully saturated rings. The normalized spacial score (nSPS) is 45.8. The van der Waals surface area contributed by atoms with Crippen LogP contribution in [0.15, 0.2) is 0 Å². The number of ether oxygens (including phenoxy) is 2. The van der Waals surface area contributed by atoms with Gasteiger partial charge in [0.2, 0.25) is 0 Å². The van der Waals surface area contributed by atoms with Gasteiger partial charge in [0.15, 0.2) is 5.78 Å². The van der Waals surface area contributed by atoms with Gasteiger partial charge in [0, 0.05) is 12.0 Å². The topological polar surface area (TPSA) is 72.8 Å². The van der Waals surface area contributed by atoms with Crippen LogP contribution in [0, 0.1) is 40.9 Å². The first-order valence-corrected chi connectivity index (χ1v) is 12.3. The summed E-state index contributed by atoms with van der Waals surface area (Å²) < 4.78 is 10.8. The van der Waals surface area contributed by atoms with Gasteiger partial charge >= 0.3 is 5.97 Å². The molecule has 170 valence electrons. The van der Waals surface area contributed by atoms with Gasteiger partial charge in [-0.1, -0.05) is 6.92 Å². The molecule has 0 heterocycles. The van der Waals surface area contributed by atoms with Crippen LogP contribution in [-0.2, 0) is 19.1 Å². The van der Waals surface area contributed by atoms with Crippen LogP contribution in [-0.4, -0.2) is 42.3 Å². The van der Waals surface area contributed by atoms with Gasteiger partial charge in [-0.05, 0) is 101 Å². The number of hydrogen-bond acceptors (Lipinski definition) is 5. The Morgan fingerprint density at radius 2 is 1.77 bits per heavy atom. The highest BCUT2D eigenvalue weighted by Crippen LogP contribution is 2.61. The molecule has 5 nitrogen and oxygen atoms in total. The number of Topliss-reactive ketones (excluding diaryl/α,β-unsaturated/α-hetero) is 1. The average Bonchev–Trinajstić information content (AvgIpc) is 2.73. The summed E-state index contributed by atoms with van der Waals surface area (Å²) in [7, 11) is 0. The van der Waals surface area contributed by atoms with Crippen molar-refractivity contribution >= 4 is 11.8 Å². The van der Waals surface area contributed by atoms with Crippen molar-refractivity contribution < 1.29 is 24.2 Å². The Kier molecular flexibility index (Phi) is 6.33. The summed E-state index contributed by atoms with van der Waals surface area (Å²) in [6.07, 6.45) is 8.72. The first-order chi connectivity index (χ1) is 14.3. The second-order valence-corrected chi connectivity index (χ2v) is 10.7. The van der Waals surface area contributed by atoms with E-state index in [-0.39, 0.29) is 17.2 Å². The van der Waals surface area contributed by atoms with Crippen LogP contribution >= 0.6 is 0 Å². The van der Waals surface area contributed by atoms with Gasteiger partial charge in [-0.25, -0.2) is 0 Å². The molecule has 1 unspecified atom stereocenters. The van der Waals surface area contributed by atoms with E-state index in [4.69, 9.17) is 9.47 Å². The van der Waals surface area contributed by atoms with Crippen molar-refractivity contribution in [1.82, 2.24) is 0 Å². The summed E-state index contributed by atoms with van der Waals surface area (Å²) in [5, 5.41) is 11.0. The summed E-state index contributed by atoms with van der Waals surface area (Å²) in [4.78, 5) is 25.7. The van der Waals surface area contributed by atoms with Crippen molar-refractivity contribution in [3.8, 4) is 0 Å². The van der Waals surface area contributed by atoms with E-state index >= 15 is 0 Å². The summed E-state index contributed by atoms with van der Waals surface area (Å²) in [5.74, 6) is 2.21. The molecule has 0 aliphatic heterocycles. The highest BCUT2D eigenvalue weighted by Gasteiger charge is 2.59. The number of fused-ring (bicyclic) bond motifs is 5. The molecule has 1 N–H and O–H groups in total. The van der Waals surface area contributed by atoms with E-state index in [0.29, 0.717) is 55.8 Å². The number of rotatable bonds is 5. The number of esters is 1. The molecule has 4 rings (SSSR count). The second-order valence-electron chi connectivity index (χ2n) is 10.7. The second kappa shape index (κ2) is 8.54. The Hall–Kier alpha value is -0.940. The van der Waals surface area contributed by atoms with Gasteiger partial charge in [-0.15, -0.1) is 0 Å². The van der Waals surface area contributed by atoms with E-state index in [1.165, 1.54) is 0 Å². The lowest BCUT2D eigenvalue weighted by molar-refractivity contribution is -0.168. The molecule has 0 amide bonds. The molecule has 5 heteroatoms. The van der Waals surface area contributed by atoms with Crippen LogP contribution in [0.5, 0.6) is 0 Å². The van der Waals surface area contributed by atoms with E-state index in [0.717, 1.165) is 51.4 Å². The minimum Gasteiger partial charge on any atom is -0.465 e. The third-order valence-electron chi connectivity index (χ3n) is 9.29. The molecule has 0 aromatic rings. The standard InChI is InChI=1S/C25H40O5/c1-4-29-15-25(28)13-11-17-16(14-25)6-7-19-18(17)10-12-24(3)21(19)9-8-20(22(24)26)23(27)30-5-2/h16-21,28H,4-15H2,1-3H3/t16-,17-,18+,19+,20?,21-,24-,25+/m0/s1. The first-order valence-electron chi connectivity index (χ1n) is 12.3. The zero-order valence-electron chi connectivity index (χ0n) is 19.0. The number of hydrogen-bond donors (Lipinski definition) is 1. The lowest BCUT2D eigenvalue weighted by atomic mass is 9.45. The smallest absolute Gasteiger partial charge is 0.316 e. The maximum absolute atomic E-state index is 13.4. The van der Waals surface area contributed by atoms with E-state index in [1.807, 2.05) is 6.92 Å². The molecule has 8 atom stereocenters. The number of ketones is 1. The summed E-state index contributed by atoms with van der Waals surface area (Å²) in [6.45, 7) is 7.38. The maximum atomic E-state index is 13.4. The van der Waals surface area contributed by atoms with Crippen molar-refractivity contribution in [3.05, 3.63) is 0 Å². The van der Waals surface area contributed by atoms with Crippen LogP contribution in [0.4, 0.5) is 0 Å². The minimum atomic E-state index is -0.652. The fourth-order valence-corrected chi connectivity index (χ4v) is 7.89. The number of carbonyl (C=O) groups excluding carboxylic acids is 2. The quantitative estimate of drug-likeness (QED) is 0.534. The van der Waals surface area contributed by atoms with Gasteiger partial charge in [0.05, 0.1) is 18.8 Å². The third-order valence-corrected chi connectivity index (χ3v) is 9.29. The van der Waals surface area contributed by atoms with Crippen molar-refractivity contribution in [3.63, 3.8) is 0 Å². The van der Waals surface area contributed by atoms with Crippen LogP contribution in [0.1, 0.15) is 78.6 Å². The number of carbonyl (C=O) groups is 2. The number of aliphatic hydroxyl groups is 1. The Bertz CT molecular complexity index is 662. The third kappa shape index (κ3) is 3.74. The van der Waals surface area contributed by atoms with E-state index in [9.17, 15) is 14.7 Å². The van der Waals surface area contributed by atoms with Gasteiger partial charge in [-0.2, -0.15) is 0 Å². The molecule has 0 aromatic carbocycles. The molecule has 0 radical (unpaired) electrons. The molecule has 0 aromatic heterocycles. The summed E-state index contributed by atoms with van der Waals surface area (Å²) in [6, 6.07) is 0. The molecule has 4 aliphatic carbocycles. The molecule has 4 saturated carbocycles. The predicted molar refractivity (Wildman–Crippen MR) is 114 cm³/mol. The molecule has 30 heavy (non-hydrogen) atoms. The first kappa shape index (κ1) is 22.3. The summed E-state index contributed by atoms with van der Waals surface area (Å²) >= 11 is 0. The highest BCUT2D eigenvalue weighted by molar-refractivity contribution is 6.02. The van der Waals surface area contributed by atoms with E-state index in [2.05, 4.69) is 6.92 Å². The lowest BCUT2D eigenvalue weighted by Crippen LogP contribution is -2.57. The fourth-order valence-electron chi connectivity index (χ4n) is 7.89. The Morgan fingerprint density at radius 3 is 2.50 bits per heavy atom. The van der Waals surface area contributed by atoms with Gasteiger partial charge in [0.1, 0.15) is 5.92 Å². The highest BCUT2D eigenvalue weighted by atomic mass is 16.5. The Balaban J connectivity index is 1.46. The molecule has 4 aliphatic rings. The molecule has 0 spiro atoms. The molecule has 0 saturated heterocycles. The maximum Gasteiger partial charge on any atom is 0.316 e. The van der Waals surface area contributed by atoms with Crippen molar-refractivity contribution in [1.29, 1.82) is 0 Å². The molecular weight excluding hydrogens is 380 g/mol. The zero-order chi connectivity index (χ0) is 21.5. The summed E-state index contributed by atoms with van der Waals surface area (Å²) in [5.41, 5.74) is -1.02. The Morgan fingerprint density at radius 1 is 1.00 bits per heavy atom. The lowest BCUT2D eigenvalue weighted by Gasteiger charge is -2.59. The fraction of sp³-hybridized carbons (Fsp3) is 0.920. The van der Waals surface area contributed by atoms with Gasteiger partial charge in [-0.3, -0.25) is 9.59 Å². The van der Waals surface area contributed by atoms with Gasteiger partial charge in [0.25, 0.3) is 0 Å². The van der Waals surface area contributed by atoms with Gasteiger partial charge < -0.3 is 14.6 Å². The van der Waals surface area contributed by atoms with Crippen LogP contribution in [0.25, 0.3) is 0 Å². The van der Waals surface area contributed by atoms with E-state index < -0.39 is 11.5 Å². The van der Waals surface area contributed by atoms with Crippen LogP contribution < -0.4 is 0 Å². The minimum absolute atomic E-state index is 0.146. The Labute approximate surface area is 181 Å². The van der Waals surface area contributed by atoms with E-state index in [1.54, 1.807) is 6.92 Å². The molecular formula is C25H40O5. The van der Waals surface area contributed by atoms with Crippen LogP contribution in [0.2, 0.25) is 0 Å². The van der Waals surface area contributed by atoms with Crippen LogP contribution in [0.3, 0.4) is 0 Å². The van der Waals surface area contributed by atoms with Crippen molar-refractivity contribution in [2.75, 3.05) is 19.8 Å². The monoisotopic (exact) mass is 420 g/mol. The average molecular weight is 421 g/mol. The SMILES string of the molecule is CCOC[C@@]1(O)CC[C@H]2[C@@H](CC[C@@H]3[C@@H]2CC[C@]2(C)C(=O)C(C(=O)OCC)CC[C@@H]32)C1. The van der Waals surface area contributed by atoms with Crippen molar-refractivity contribution in [2.45, 2.75) is 84.2 Å². The predicted octanol–water partition coefficient (Wildman–Crippen LogP) is 4.16. The molecule has 0 bridgehead atoms.